The number of benzene rings is 2. The molecule has 3 unspecified atom stereocenters. The monoisotopic (exact) mass is 778 g/mol. The first-order valence-electron chi connectivity index (χ1n) is 16.6. The van der Waals surface area contributed by atoms with E-state index in [0.29, 0.717) is 52.9 Å². The van der Waals surface area contributed by atoms with Gasteiger partial charge in [-0.25, -0.2) is 0 Å². The molecule has 3 aliphatic carbocycles. The molecule has 0 bridgehead atoms. The molecule has 50 heavy (non-hydrogen) atoms. The van der Waals surface area contributed by atoms with Crippen LogP contribution in [0.2, 0.25) is 0 Å². The molecule has 2 aromatic rings. The van der Waals surface area contributed by atoms with E-state index in [9.17, 15) is 52.7 Å². The Balaban J connectivity index is 1.53. The third-order valence-electron chi connectivity index (χ3n) is 9.65. The summed E-state index contributed by atoms with van der Waals surface area (Å²) in [6.45, 7) is 0. The van der Waals surface area contributed by atoms with Crippen molar-refractivity contribution >= 4 is 35.7 Å². The summed E-state index contributed by atoms with van der Waals surface area (Å²) in [5.41, 5.74) is -4.87. The van der Waals surface area contributed by atoms with Crippen LogP contribution < -0.4 is 10.6 Å². The van der Waals surface area contributed by atoms with Crippen molar-refractivity contribution in [3.8, 4) is 0 Å². The van der Waals surface area contributed by atoms with Crippen LogP contribution in [0, 0.1) is 0 Å². The normalized spacial score (nSPS) is 20.9. The maximum absolute atomic E-state index is 13.8. The number of rotatable bonds is 9. The minimum atomic E-state index is -5.07. The van der Waals surface area contributed by atoms with Crippen LogP contribution in [0.4, 0.5) is 52.7 Å². The summed E-state index contributed by atoms with van der Waals surface area (Å²) in [5, 5.41) is -0.0407. The summed E-state index contributed by atoms with van der Waals surface area (Å²) in [6.07, 6.45) is -4.21. The van der Waals surface area contributed by atoms with Gasteiger partial charge in [-0.1, -0.05) is 67.8 Å². The molecular weight excluding hydrogens is 741 g/mol. The summed E-state index contributed by atoms with van der Waals surface area (Å²) >= 11 is 0. The van der Waals surface area contributed by atoms with Crippen molar-refractivity contribution in [2.24, 2.45) is 0 Å². The van der Waals surface area contributed by atoms with Crippen LogP contribution >= 0.6 is 25.1 Å². The fourth-order valence-electron chi connectivity index (χ4n) is 7.23. The lowest BCUT2D eigenvalue weighted by molar-refractivity contribution is -0.144. The summed E-state index contributed by atoms with van der Waals surface area (Å²) < 4.78 is 164. The van der Waals surface area contributed by atoms with E-state index in [-0.39, 0.29) is 22.7 Å². The number of hydrogen-bond acceptors (Lipinski definition) is 0. The third-order valence-corrected chi connectivity index (χ3v) is 16.5. The number of hydrogen-bond donors (Lipinski definition) is 0. The minimum Gasteiger partial charge on any atom is -0.166 e. The highest BCUT2D eigenvalue weighted by molar-refractivity contribution is 7.59. The molecule has 0 nitrogen and oxygen atoms in total. The van der Waals surface area contributed by atoms with Gasteiger partial charge in [-0.15, -0.1) is 7.92 Å². The highest BCUT2D eigenvalue weighted by Crippen LogP contribution is 2.57. The molecule has 15 heteroatoms. The van der Waals surface area contributed by atoms with Crippen molar-refractivity contribution in [3.63, 3.8) is 0 Å². The van der Waals surface area contributed by atoms with Gasteiger partial charge < -0.3 is 0 Å². The van der Waals surface area contributed by atoms with Gasteiger partial charge in [0.05, 0.1) is 22.3 Å². The van der Waals surface area contributed by atoms with Crippen LogP contribution in [-0.2, 0) is 24.7 Å². The van der Waals surface area contributed by atoms with E-state index in [1.54, 1.807) is 12.2 Å². The van der Waals surface area contributed by atoms with E-state index < -0.39 is 77.7 Å². The molecule has 276 valence electrons. The van der Waals surface area contributed by atoms with Crippen LogP contribution in [-0.4, -0.2) is 23.1 Å². The Bertz CT molecular complexity index is 1460. The smallest absolute Gasteiger partial charge is 0.166 e. The van der Waals surface area contributed by atoms with Crippen LogP contribution in [0.1, 0.15) is 92.9 Å². The molecule has 0 radical (unpaired) electrons. The molecular formula is C35H37F12P3. The maximum atomic E-state index is 13.8. The number of allylic oxidation sites excluding steroid dienone is 4. The quantitative estimate of drug-likeness (QED) is 0.176. The molecule has 0 aliphatic heterocycles. The van der Waals surface area contributed by atoms with Gasteiger partial charge in [0.2, 0.25) is 0 Å². The first-order valence-corrected chi connectivity index (χ1v) is 20.3. The molecule has 0 spiro atoms. The summed E-state index contributed by atoms with van der Waals surface area (Å²) in [6, 6.07) is 2.65. The van der Waals surface area contributed by atoms with E-state index in [1.807, 2.05) is 0 Å². The zero-order chi connectivity index (χ0) is 36.5. The van der Waals surface area contributed by atoms with E-state index in [4.69, 9.17) is 0 Å². The molecule has 0 heterocycles. The average Bonchev–Trinajstić information content (AvgIpc) is 3.40. The van der Waals surface area contributed by atoms with E-state index in [0.717, 1.165) is 57.5 Å². The molecule has 3 atom stereocenters. The summed E-state index contributed by atoms with van der Waals surface area (Å²) in [4.78, 5) is 0. The van der Waals surface area contributed by atoms with Crippen molar-refractivity contribution in [3.05, 3.63) is 81.7 Å². The van der Waals surface area contributed by atoms with E-state index in [1.165, 1.54) is 12.8 Å². The van der Waals surface area contributed by atoms with Gasteiger partial charge in [-0.2, -0.15) is 52.7 Å². The largest absolute Gasteiger partial charge is 0.416 e. The second-order valence-corrected chi connectivity index (χ2v) is 19.0. The lowest BCUT2D eigenvalue weighted by Crippen LogP contribution is -2.22. The van der Waals surface area contributed by atoms with Gasteiger partial charge in [-0.3, -0.25) is 0 Å². The maximum Gasteiger partial charge on any atom is 0.416 e. The van der Waals surface area contributed by atoms with Crippen molar-refractivity contribution in [1.29, 1.82) is 0 Å². The number of halogens is 12. The zero-order valence-corrected chi connectivity index (χ0v) is 29.7. The topological polar surface area (TPSA) is 0 Å². The number of alkyl halides is 12. The Labute approximate surface area is 288 Å². The van der Waals surface area contributed by atoms with Gasteiger partial charge in [0, 0.05) is 5.66 Å². The molecule has 0 saturated heterocycles. The van der Waals surface area contributed by atoms with Crippen molar-refractivity contribution in [2.75, 3.05) is 6.16 Å². The van der Waals surface area contributed by atoms with Crippen molar-refractivity contribution in [2.45, 2.75) is 112 Å². The van der Waals surface area contributed by atoms with Gasteiger partial charge in [-0.05, 0) is 107 Å². The molecule has 0 aromatic heterocycles. The second kappa shape index (κ2) is 15.8. The molecule has 0 N–H and O–H groups in total. The van der Waals surface area contributed by atoms with Gasteiger partial charge in [0.1, 0.15) is 0 Å². The van der Waals surface area contributed by atoms with Crippen molar-refractivity contribution in [1.82, 2.24) is 0 Å². The average molecular weight is 779 g/mol. The van der Waals surface area contributed by atoms with Gasteiger partial charge in [0.15, 0.2) is 0 Å². The van der Waals surface area contributed by atoms with Gasteiger partial charge >= 0.3 is 24.7 Å². The second-order valence-electron chi connectivity index (χ2n) is 13.2. The van der Waals surface area contributed by atoms with Crippen LogP contribution in [0.15, 0.2) is 59.4 Å². The Hall–Kier alpha value is -1.63. The molecule has 5 rings (SSSR count). The van der Waals surface area contributed by atoms with E-state index >= 15 is 0 Å². The third kappa shape index (κ3) is 10.3. The summed E-state index contributed by atoms with van der Waals surface area (Å²) in [5.74, 6) is 0. The minimum absolute atomic E-state index is 0.0303. The summed E-state index contributed by atoms with van der Waals surface area (Å²) in [7, 11) is -1.81. The van der Waals surface area contributed by atoms with Crippen LogP contribution in [0.5, 0.6) is 0 Å². The Kier molecular flexibility index (Phi) is 12.5. The predicted octanol–water partition coefficient (Wildman–Crippen LogP) is 12.8. The predicted molar refractivity (Wildman–Crippen MR) is 179 cm³/mol. The fourth-order valence-corrected chi connectivity index (χ4v) is 14.3. The van der Waals surface area contributed by atoms with E-state index in [2.05, 4.69) is 0 Å². The molecule has 2 aromatic carbocycles. The highest BCUT2D eigenvalue weighted by atomic mass is 31.1. The first kappa shape index (κ1) is 39.6. The molecule has 0 amide bonds. The zero-order valence-electron chi connectivity index (χ0n) is 26.8. The Morgan fingerprint density at radius 3 is 1.34 bits per heavy atom. The van der Waals surface area contributed by atoms with Crippen LogP contribution in [0.25, 0.3) is 0 Å². The standard InChI is InChI=1S/C35H37F12P3/c36-32(37,38)22-15-23(33(39,40)41)18-26(17-22)48-30-12-11-21(13-14-50(28-7-3-1-4-8-28)29-9-5-2-6-10-29)31(30)49-27-19-24(34(42,43)44)16-25(20-27)35(45,46)47/h11-12,15-20,28-30,48-49H,1-10,13-14H2. The molecule has 2 fully saturated rings. The molecule has 2 saturated carbocycles. The molecule has 3 aliphatic rings. The first-order chi connectivity index (χ1) is 23.3. The van der Waals surface area contributed by atoms with Crippen molar-refractivity contribution < 1.29 is 52.7 Å². The van der Waals surface area contributed by atoms with Crippen LogP contribution in [0.3, 0.4) is 0 Å². The lowest BCUT2D eigenvalue weighted by atomic mass is 9.99. The Morgan fingerprint density at radius 2 is 0.940 bits per heavy atom. The Morgan fingerprint density at radius 1 is 0.540 bits per heavy atom. The fraction of sp³-hybridized carbons (Fsp3) is 0.543. The van der Waals surface area contributed by atoms with Gasteiger partial charge in [0.25, 0.3) is 0 Å². The SMILES string of the molecule is FC(F)(F)c1cc(PC2=C(CCP(C3CCCCC3)C3CCCCC3)C=CC2Pc2cc(C(F)(F)F)cc(C(F)(F)F)c2)cc(C(F)(F)F)c1. The lowest BCUT2D eigenvalue weighted by Gasteiger charge is -2.38. The highest BCUT2D eigenvalue weighted by Gasteiger charge is 2.39.